The van der Waals surface area contributed by atoms with E-state index >= 15 is 0 Å². The molecular weight excluding hydrogens is 979 g/mol. The van der Waals surface area contributed by atoms with Crippen molar-refractivity contribution in [2.45, 2.75) is 36.5 Å². The van der Waals surface area contributed by atoms with Gasteiger partial charge < -0.3 is 19.3 Å². The zero-order valence-electron chi connectivity index (χ0n) is 35.4. The van der Waals surface area contributed by atoms with Gasteiger partial charge >= 0.3 is 0 Å². The van der Waals surface area contributed by atoms with Crippen molar-refractivity contribution >= 4 is 99.4 Å². The maximum atomic E-state index is 13.2. The number of hydrogen-bond donors (Lipinski definition) is 0. The molecule has 8 rings (SSSR count). The van der Waals surface area contributed by atoms with E-state index in [0.29, 0.717) is 84.6 Å². The SMILES string of the molecule is COc1ccc(Cl)cc1S(=O)(=O)N1CCN(c2nc(Cc3ccc(C)c(C)c3)cs2)CC1.COc1ccc(Cl)cc1S(=O)(=O)N1CCN(c2nc(Cc3ccc(Cl)c(Cl)c3)cs2)CC1. The maximum Gasteiger partial charge on any atom is 0.246 e. The molecule has 2 aliphatic rings. The number of nitrogens with zero attached hydrogens (tertiary/aromatic N) is 6. The number of anilines is 2. The summed E-state index contributed by atoms with van der Waals surface area (Å²) >= 11 is 27.3. The number of thiazole rings is 2. The minimum Gasteiger partial charge on any atom is -0.495 e. The second kappa shape index (κ2) is 20.9. The number of hydrogen-bond acceptors (Lipinski definition) is 12. The van der Waals surface area contributed by atoms with Crippen molar-refractivity contribution in [3.63, 3.8) is 0 Å². The predicted molar refractivity (Wildman–Crippen MR) is 260 cm³/mol. The summed E-state index contributed by atoms with van der Waals surface area (Å²) in [6, 6.07) is 21.3. The summed E-state index contributed by atoms with van der Waals surface area (Å²) in [6.45, 7) is 7.94. The molecule has 0 radical (unpaired) electrons. The van der Waals surface area contributed by atoms with E-state index in [1.165, 1.54) is 51.7 Å². The predicted octanol–water partition coefficient (Wildman–Crippen LogP) is 9.74. The summed E-state index contributed by atoms with van der Waals surface area (Å²) in [5.74, 6) is 0.580. The quantitative estimate of drug-likeness (QED) is 0.117. The fourth-order valence-corrected chi connectivity index (χ4v) is 13.0. The van der Waals surface area contributed by atoms with Crippen molar-refractivity contribution in [1.29, 1.82) is 0 Å². The van der Waals surface area contributed by atoms with Crippen molar-refractivity contribution < 1.29 is 26.3 Å². The summed E-state index contributed by atoms with van der Waals surface area (Å²) < 4.78 is 66.1. The highest BCUT2D eigenvalue weighted by Gasteiger charge is 2.33. The highest BCUT2D eigenvalue weighted by Crippen LogP contribution is 2.34. The molecule has 2 aliphatic heterocycles. The van der Waals surface area contributed by atoms with E-state index in [1.807, 2.05) is 17.5 Å². The summed E-state index contributed by atoms with van der Waals surface area (Å²) in [5, 5.41) is 7.66. The number of sulfonamides is 2. The molecule has 2 aromatic heterocycles. The Balaban J connectivity index is 0.000000191. The standard InChI is InChI=1S/C23H26ClN3O3S2.C21H20Cl3N3O3S2/c1-16-4-5-18(12-17(16)2)13-20-15-31-23(25-20)26-8-10-27(11-9-26)32(28,29)22-14-19(24)6-7-21(22)30-3;1-30-19-5-3-15(22)12-20(19)32(28,29)27-8-6-26(7-9-27)21-25-16(13-31-21)10-14-2-4-17(23)18(24)11-14/h4-7,12,14-15H,8-11,13H2,1-3H3;2-5,11-13H,6-10H2,1H3. The first kappa shape index (κ1) is 48.3. The first-order chi connectivity index (χ1) is 30.5. The van der Waals surface area contributed by atoms with E-state index < -0.39 is 20.0 Å². The fraction of sp³-hybridized carbons (Fsp3) is 0.318. The second-order valence-corrected chi connectivity index (χ2v) is 22.3. The Hall–Kier alpha value is -3.68. The van der Waals surface area contributed by atoms with Gasteiger partial charge in [-0.05, 0) is 84.6 Å². The van der Waals surface area contributed by atoms with Gasteiger partial charge in [0, 0.05) is 86.0 Å². The van der Waals surface area contributed by atoms with Crippen LogP contribution < -0.4 is 19.3 Å². The van der Waals surface area contributed by atoms with Crippen LogP contribution in [-0.2, 0) is 32.9 Å². The van der Waals surface area contributed by atoms with Gasteiger partial charge in [0.05, 0.1) is 35.7 Å². The summed E-state index contributed by atoms with van der Waals surface area (Å²) in [7, 11) is -4.52. The molecule has 0 N–H and O–H groups in total. The van der Waals surface area contributed by atoms with Gasteiger partial charge in [0.1, 0.15) is 21.3 Å². The summed E-state index contributed by atoms with van der Waals surface area (Å²) in [4.78, 5) is 14.0. The number of halogens is 4. The van der Waals surface area contributed by atoms with E-state index in [2.05, 4.69) is 47.2 Å². The molecule has 0 bridgehead atoms. The van der Waals surface area contributed by atoms with Crippen LogP contribution in [-0.4, -0.2) is 102 Å². The minimum atomic E-state index is -3.72. The Morgan fingerprint density at radius 1 is 0.547 bits per heavy atom. The number of methoxy groups -OCH3 is 2. The van der Waals surface area contributed by atoms with Crippen molar-refractivity contribution in [3.8, 4) is 11.5 Å². The van der Waals surface area contributed by atoms with E-state index in [0.717, 1.165) is 33.6 Å². The lowest BCUT2D eigenvalue weighted by Gasteiger charge is -2.34. The lowest BCUT2D eigenvalue weighted by molar-refractivity contribution is 0.373. The van der Waals surface area contributed by atoms with Gasteiger partial charge in [-0.3, -0.25) is 0 Å². The molecule has 64 heavy (non-hydrogen) atoms. The highest BCUT2D eigenvalue weighted by atomic mass is 35.5. The summed E-state index contributed by atoms with van der Waals surface area (Å²) in [6.07, 6.45) is 1.44. The van der Waals surface area contributed by atoms with E-state index in [1.54, 1.807) is 53.0 Å². The molecule has 0 spiro atoms. The average molecular weight is 1020 g/mol. The lowest BCUT2D eigenvalue weighted by atomic mass is 10.0. The number of aryl methyl sites for hydroxylation is 2. The normalized spacial score (nSPS) is 15.2. The van der Waals surface area contributed by atoms with Crippen LogP contribution in [0.4, 0.5) is 10.3 Å². The molecule has 2 saturated heterocycles. The number of benzene rings is 4. The third-order valence-electron chi connectivity index (χ3n) is 10.9. The molecule has 2 fully saturated rings. The molecule has 20 heteroatoms. The van der Waals surface area contributed by atoms with Crippen molar-refractivity contribution in [3.05, 3.63) is 137 Å². The van der Waals surface area contributed by atoms with E-state index in [9.17, 15) is 16.8 Å². The maximum absolute atomic E-state index is 13.2. The second-order valence-electron chi connectivity index (χ2n) is 15.1. The Morgan fingerprint density at radius 3 is 1.41 bits per heavy atom. The zero-order chi connectivity index (χ0) is 45.8. The molecular formula is C44H46Cl4N6O6S4. The molecule has 0 atom stereocenters. The van der Waals surface area contributed by atoms with Gasteiger partial charge in [-0.15, -0.1) is 22.7 Å². The molecule has 4 aromatic carbocycles. The third-order valence-corrected chi connectivity index (χ3v) is 17.9. The van der Waals surface area contributed by atoms with Crippen molar-refractivity contribution in [2.24, 2.45) is 0 Å². The van der Waals surface area contributed by atoms with Gasteiger partial charge in [0.25, 0.3) is 0 Å². The molecule has 0 unspecified atom stereocenters. The van der Waals surface area contributed by atoms with Crippen molar-refractivity contribution in [1.82, 2.24) is 18.6 Å². The van der Waals surface area contributed by atoms with Crippen LogP contribution in [0.1, 0.15) is 33.6 Å². The number of piperazine rings is 2. The lowest BCUT2D eigenvalue weighted by Crippen LogP contribution is -2.48. The average Bonchev–Trinajstić information content (AvgIpc) is 3.96. The molecule has 340 valence electrons. The number of aromatic nitrogens is 2. The molecule has 0 aliphatic carbocycles. The molecule has 0 saturated carbocycles. The fourth-order valence-electron chi connectivity index (χ4n) is 7.25. The first-order valence-corrected chi connectivity index (χ1v) is 26.3. The smallest absolute Gasteiger partial charge is 0.246 e. The van der Waals surface area contributed by atoms with E-state index in [4.69, 9.17) is 65.8 Å². The third kappa shape index (κ3) is 11.3. The van der Waals surface area contributed by atoms with Gasteiger partial charge in [-0.25, -0.2) is 26.8 Å². The van der Waals surface area contributed by atoms with Crippen LogP contribution in [0, 0.1) is 13.8 Å². The monoisotopic (exact) mass is 1020 g/mol. The Kier molecular flexibility index (Phi) is 15.7. The molecule has 4 heterocycles. The molecule has 6 aromatic rings. The molecule has 0 amide bonds. The van der Waals surface area contributed by atoms with Gasteiger partial charge in [-0.1, -0.05) is 70.7 Å². The van der Waals surface area contributed by atoms with Crippen LogP contribution in [0.25, 0.3) is 0 Å². The van der Waals surface area contributed by atoms with E-state index in [-0.39, 0.29) is 15.5 Å². The number of ether oxygens (including phenoxy) is 2. The Labute approximate surface area is 403 Å². The van der Waals surface area contributed by atoms with Crippen LogP contribution in [0.5, 0.6) is 11.5 Å². The molecule has 12 nitrogen and oxygen atoms in total. The number of rotatable bonds is 12. The van der Waals surface area contributed by atoms with Crippen molar-refractivity contribution in [2.75, 3.05) is 76.4 Å². The van der Waals surface area contributed by atoms with Crippen LogP contribution >= 0.6 is 69.1 Å². The van der Waals surface area contributed by atoms with Gasteiger partial charge in [0.15, 0.2) is 10.3 Å². The van der Waals surface area contributed by atoms with Crippen LogP contribution in [0.2, 0.25) is 20.1 Å². The minimum absolute atomic E-state index is 0.0825. The highest BCUT2D eigenvalue weighted by molar-refractivity contribution is 7.89. The zero-order valence-corrected chi connectivity index (χ0v) is 41.7. The summed E-state index contributed by atoms with van der Waals surface area (Å²) in [5.41, 5.74) is 6.82. The van der Waals surface area contributed by atoms with Crippen LogP contribution in [0.3, 0.4) is 0 Å². The largest absolute Gasteiger partial charge is 0.495 e. The Bertz CT molecular complexity index is 2640. The topological polar surface area (TPSA) is 125 Å². The first-order valence-electron chi connectivity index (χ1n) is 20.1. The van der Waals surface area contributed by atoms with Gasteiger partial charge in [-0.2, -0.15) is 8.61 Å². The Morgan fingerprint density at radius 2 is 0.984 bits per heavy atom. The van der Waals surface area contributed by atoms with Crippen LogP contribution in [0.15, 0.2) is 93.3 Å². The van der Waals surface area contributed by atoms with Gasteiger partial charge in [0.2, 0.25) is 20.0 Å².